The van der Waals surface area contributed by atoms with Crippen LogP contribution in [0.2, 0.25) is 0 Å². The third kappa shape index (κ3) is 2.50. The van der Waals surface area contributed by atoms with Crippen LogP contribution in [0.1, 0.15) is 31.7 Å². The second-order valence-electron chi connectivity index (χ2n) is 5.16. The topological polar surface area (TPSA) is 29.3 Å². The van der Waals surface area contributed by atoms with Gasteiger partial charge in [0.05, 0.1) is 11.7 Å². The van der Waals surface area contributed by atoms with Gasteiger partial charge < -0.3 is 5.32 Å². The zero-order chi connectivity index (χ0) is 11.7. The number of aromatic nitrogens is 2. The molecule has 2 aromatic rings. The van der Waals surface area contributed by atoms with E-state index in [9.17, 15) is 0 Å². The summed E-state index contributed by atoms with van der Waals surface area (Å²) in [7, 11) is 0. The van der Waals surface area contributed by atoms with E-state index < -0.39 is 0 Å². The van der Waals surface area contributed by atoms with Gasteiger partial charge in [0.15, 0.2) is 0 Å². The molecule has 1 aliphatic rings. The SMILES string of the molecule is CC(CC1CC1)NCc1cnn2ccccc12. The first-order valence-electron chi connectivity index (χ1n) is 6.47. The quantitative estimate of drug-likeness (QED) is 0.854. The zero-order valence-corrected chi connectivity index (χ0v) is 10.3. The van der Waals surface area contributed by atoms with Gasteiger partial charge in [0, 0.05) is 24.3 Å². The predicted molar refractivity (Wildman–Crippen MR) is 68.8 cm³/mol. The number of hydrogen-bond donors (Lipinski definition) is 1. The summed E-state index contributed by atoms with van der Waals surface area (Å²) >= 11 is 0. The fourth-order valence-electron chi connectivity index (χ4n) is 2.34. The zero-order valence-electron chi connectivity index (χ0n) is 10.3. The highest BCUT2D eigenvalue weighted by molar-refractivity contribution is 5.53. The van der Waals surface area contributed by atoms with E-state index in [0.29, 0.717) is 6.04 Å². The predicted octanol–water partition coefficient (Wildman–Crippen LogP) is 2.61. The molecular formula is C14H19N3. The molecule has 3 rings (SSSR count). The molecule has 1 atom stereocenters. The molecular weight excluding hydrogens is 210 g/mol. The lowest BCUT2D eigenvalue weighted by atomic mass is 10.1. The monoisotopic (exact) mass is 229 g/mol. The Labute approximate surface area is 102 Å². The molecule has 0 bridgehead atoms. The lowest BCUT2D eigenvalue weighted by Crippen LogP contribution is -2.25. The van der Waals surface area contributed by atoms with Gasteiger partial charge in [0.2, 0.25) is 0 Å². The van der Waals surface area contributed by atoms with E-state index in [1.54, 1.807) is 0 Å². The molecule has 0 spiro atoms. The minimum Gasteiger partial charge on any atom is -0.310 e. The van der Waals surface area contributed by atoms with Crippen LogP contribution in [0.3, 0.4) is 0 Å². The first-order valence-corrected chi connectivity index (χ1v) is 6.47. The molecule has 0 radical (unpaired) electrons. The Bertz CT molecular complexity index is 499. The number of pyridine rings is 1. The molecule has 0 aromatic carbocycles. The van der Waals surface area contributed by atoms with E-state index in [-0.39, 0.29) is 0 Å². The molecule has 2 heterocycles. The number of nitrogens with one attached hydrogen (secondary N) is 1. The Morgan fingerprint density at radius 2 is 2.35 bits per heavy atom. The number of rotatable bonds is 5. The summed E-state index contributed by atoms with van der Waals surface area (Å²) in [5, 5.41) is 7.94. The maximum Gasteiger partial charge on any atom is 0.0706 e. The Hall–Kier alpha value is -1.35. The molecule has 2 aromatic heterocycles. The van der Waals surface area contributed by atoms with Gasteiger partial charge in [-0.1, -0.05) is 18.9 Å². The van der Waals surface area contributed by atoms with Crippen molar-refractivity contribution in [3.63, 3.8) is 0 Å². The van der Waals surface area contributed by atoms with Gasteiger partial charge in [0.25, 0.3) is 0 Å². The highest BCUT2D eigenvalue weighted by atomic mass is 15.2. The Morgan fingerprint density at radius 1 is 1.47 bits per heavy atom. The second kappa shape index (κ2) is 4.49. The lowest BCUT2D eigenvalue weighted by molar-refractivity contribution is 0.488. The molecule has 1 aliphatic carbocycles. The normalized spacial score (nSPS) is 17.5. The van der Waals surface area contributed by atoms with E-state index in [1.165, 1.54) is 30.3 Å². The van der Waals surface area contributed by atoms with Crippen molar-refractivity contribution in [3.05, 3.63) is 36.2 Å². The molecule has 1 saturated carbocycles. The smallest absolute Gasteiger partial charge is 0.0706 e. The van der Waals surface area contributed by atoms with Crippen LogP contribution in [0.5, 0.6) is 0 Å². The summed E-state index contributed by atoms with van der Waals surface area (Å²) in [6, 6.07) is 6.80. The van der Waals surface area contributed by atoms with Gasteiger partial charge in [0.1, 0.15) is 0 Å². The van der Waals surface area contributed by atoms with Crippen molar-refractivity contribution in [3.8, 4) is 0 Å². The average Bonchev–Trinajstić information content (AvgIpc) is 3.06. The van der Waals surface area contributed by atoms with Gasteiger partial charge in [-0.2, -0.15) is 5.10 Å². The van der Waals surface area contributed by atoms with Crippen molar-refractivity contribution >= 4 is 5.52 Å². The van der Waals surface area contributed by atoms with Gasteiger partial charge >= 0.3 is 0 Å². The van der Waals surface area contributed by atoms with Crippen LogP contribution in [0.4, 0.5) is 0 Å². The molecule has 3 heteroatoms. The number of fused-ring (bicyclic) bond motifs is 1. The van der Waals surface area contributed by atoms with Crippen molar-refractivity contribution in [2.75, 3.05) is 0 Å². The Balaban J connectivity index is 1.63. The van der Waals surface area contributed by atoms with Crippen LogP contribution < -0.4 is 5.32 Å². The summed E-state index contributed by atoms with van der Waals surface area (Å²) < 4.78 is 1.93. The molecule has 0 saturated heterocycles. The van der Waals surface area contributed by atoms with Crippen LogP contribution in [0.25, 0.3) is 5.52 Å². The average molecular weight is 229 g/mol. The second-order valence-corrected chi connectivity index (χ2v) is 5.16. The molecule has 1 unspecified atom stereocenters. The van der Waals surface area contributed by atoms with Crippen LogP contribution >= 0.6 is 0 Å². The fourth-order valence-corrected chi connectivity index (χ4v) is 2.34. The van der Waals surface area contributed by atoms with Crippen LogP contribution in [-0.4, -0.2) is 15.7 Å². The van der Waals surface area contributed by atoms with E-state index in [4.69, 9.17) is 0 Å². The van der Waals surface area contributed by atoms with E-state index >= 15 is 0 Å². The van der Waals surface area contributed by atoms with E-state index in [2.05, 4.69) is 29.5 Å². The third-order valence-electron chi connectivity index (χ3n) is 3.53. The molecule has 1 N–H and O–H groups in total. The number of hydrogen-bond acceptors (Lipinski definition) is 2. The highest BCUT2D eigenvalue weighted by Crippen LogP contribution is 2.33. The summed E-state index contributed by atoms with van der Waals surface area (Å²) in [6.45, 7) is 3.20. The molecule has 0 amide bonds. The lowest BCUT2D eigenvalue weighted by Gasteiger charge is -2.12. The standard InChI is InChI=1S/C14H19N3/c1-11(8-12-5-6-12)15-9-13-10-16-17-7-3-2-4-14(13)17/h2-4,7,10-12,15H,5-6,8-9H2,1H3. The largest absolute Gasteiger partial charge is 0.310 e. The van der Waals surface area contributed by atoms with E-state index in [1.807, 2.05) is 23.0 Å². The van der Waals surface area contributed by atoms with Crippen molar-refractivity contribution in [1.82, 2.24) is 14.9 Å². The van der Waals surface area contributed by atoms with Crippen LogP contribution in [-0.2, 0) is 6.54 Å². The van der Waals surface area contributed by atoms with Crippen molar-refractivity contribution in [2.45, 2.75) is 38.8 Å². The summed E-state index contributed by atoms with van der Waals surface area (Å²) in [6.07, 6.45) is 8.14. The third-order valence-corrected chi connectivity index (χ3v) is 3.53. The maximum absolute atomic E-state index is 4.35. The Morgan fingerprint density at radius 3 is 3.18 bits per heavy atom. The van der Waals surface area contributed by atoms with Crippen LogP contribution in [0.15, 0.2) is 30.6 Å². The first-order chi connectivity index (χ1) is 8.33. The van der Waals surface area contributed by atoms with Crippen molar-refractivity contribution in [1.29, 1.82) is 0 Å². The van der Waals surface area contributed by atoms with Crippen molar-refractivity contribution < 1.29 is 0 Å². The van der Waals surface area contributed by atoms with Gasteiger partial charge in [-0.3, -0.25) is 0 Å². The first kappa shape index (κ1) is 10.8. The summed E-state index contributed by atoms with van der Waals surface area (Å²) in [4.78, 5) is 0. The van der Waals surface area contributed by atoms with Gasteiger partial charge in [-0.25, -0.2) is 4.52 Å². The summed E-state index contributed by atoms with van der Waals surface area (Å²) in [5.41, 5.74) is 2.49. The number of nitrogens with zero attached hydrogens (tertiary/aromatic N) is 2. The van der Waals surface area contributed by atoms with Gasteiger partial charge in [-0.15, -0.1) is 0 Å². The minimum absolute atomic E-state index is 0.612. The molecule has 3 nitrogen and oxygen atoms in total. The summed E-state index contributed by atoms with van der Waals surface area (Å²) in [5.74, 6) is 0.987. The Kier molecular flexibility index (Phi) is 2.85. The fraction of sp³-hybridized carbons (Fsp3) is 0.500. The molecule has 17 heavy (non-hydrogen) atoms. The molecule has 1 fully saturated rings. The van der Waals surface area contributed by atoms with Crippen molar-refractivity contribution in [2.24, 2.45) is 5.92 Å². The molecule has 90 valence electrons. The van der Waals surface area contributed by atoms with Gasteiger partial charge in [-0.05, 0) is 31.4 Å². The molecule has 0 aliphatic heterocycles. The minimum atomic E-state index is 0.612. The maximum atomic E-state index is 4.35. The van der Waals surface area contributed by atoms with Crippen LogP contribution in [0, 0.1) is 5.92 Å². The van der Waals surface area contributed by atoms with E-state index in [0.717, 1.165) is 12.5 Å². The highest BCUT2D eigenvalue weighted by Gasteiger charge is 2.23.